The minimum Gasteiger partial charge on any atom is -0.388 e. The highest BCUT2D eigenvalue weighted by Gasteiger charge is 2.13. The van der Waals surface area contributed by atoms with Gasteiger partial charge in [0.25, 0.3) is 0 Å². The van der Waals surface area contributed by atoms with Crippen molar-refractivity contribution in [2.24, 2.45) is 0 Å². The summed E-state index contributed by atoms with van der Waals surface area (Å²) in [6, 6.07) is 8.59. The van der Waals surface area contributed by atoms with Crippen LogP contribution in [0.1, 0.15) is 17.2 Å². The summed E-state index contributed by atoms with van der Waals surface area (Å²) in [7, 11) is 0. The lowest BCUT2D eigenvalue weighted by atomic mass is 10.0. The van der Waals surface area contributed by atoms with Crippen LogP contribution in [0.4, 0.5) is 4.39 Å². The third-order valence-electron chi connectivity index (χ3n) is 2.51. The Hall–Kier alpha value is -1.45. The van der Waals surface area contributed by atoms with E-state index in [9.17, 15) is 9.50 Å². The van der Waals surface area contributed by atoms with Gasteiger partial charge in [-0.1, -0.05) is 23.7 Å². The standard InChI is InChI=1S/C13H11ClFNO/c14-10-3-1-9(2-4-10)7-13(17)11-5-6-16-8-12(11)15/h1-6,8,13,17H,7H2. The molecule has 0 spiro atoms. The summed E-state index contributed by atoms with van der Waals surface area (Å²) in [6.07, 6.45) is 2.03. The van der Waals surface area contributed by atoms with Gasteiger partial charge >= 0.3 is 0 Å². The van der Waals surface area contributed by atoms with Crippen LogP contribution >= 0.6 is 11.6 Å². The van der Waals surface area contributed by atoms with Crippen molar-refractivity contribution >= 4 is 11.6 Å². The Morgan fingerprint density at radius 1 is 1.24 bits per heavy atom. The Balaban J connectivity index is 2.14. The average molecular weight is 252 g/mol. The van der Waals surface area contributed by atoms with E-state index < -0.39 is 11.9 Å². The Morgan fingerprint density at radius 3 is 2.59 bits per heavy atom. The van der Waals surface area contributed by atoms with Crippen molar-refractivity contribution in [3.63, 3.8) is 0 Å². The molecule has 0 aliphatic rings. The highest BCUT2D eigenvalue weighted by atomic mass is 35.5. The number of aliphatic hydroxyl groups is 1. The normalized spacial score (nSPS) is 12.4. The van der Waals surface area contributed by atoms with Crippen LogP contribution in [-0.2, 0) is 6.42 Å². The molecule has 1 N–H and O–H groups in total. The molecule has 0 radical (unpaired) electrons. The van der Waals surface area contributed by atoms with Gasteiger partial charge in [0.05, 0.1) is 12.3 Å². The van der Waals surface area contributed by atoms with Gasteiger partial charge in [-0.25, -0.2) is 4.39 Å². The Kier molecular flexibility index (Phi) is 3.71. The number of aliphatic hydroxyl groups excluding tert-OH is 1. The van der Waals surface area contributed by atoms with Gasteiger partial charge in [-0.05, 0) is 23.8 Å². The zero-order valence-corrected chi connectivity index (χ0v) is 9.73. The lowest BCUT2D eigenvalue weighted by Gasteiger charge is -2.11. The first-order valence-electron chi connectivity index (χ1n) is 5.19. The summed E-state index contributed by atoms with van der Waals surface area (Å²) < 4.78 is 13.4. The summed E-state index contributed by atoms with van der Waals surface area (Å²) >= 11 is 5.76. The SMILES string of the molecule is OC(Cc1ccc(Cl)cc1)c1ccncc1F. The molecular weight excluding hydrogens is 241 g/mol. The molecule has 0 fully saturated rings. The summed E-state index contributed by atoms with van der Waals surface area (Å²) in [4.78, 5) is 3.64. The van der Waals surface area contributed by atoms with Crippen molar-refractivity contribution in [2.45, 2.75) is 12.5 Å². The van der Waals surface area contributed by atoms with Crippen molar-refractivity contribution in [1.29, 1.82) is 0 Å². The molecule has 4 heteroatoms. The van der Waals surface area contributed by atoms with E-state index in [0.717, 1.165) is 11.8 Å². The molecule has 1 atom stereocenters. The zero-order chi connectivity index (χ0) is 12.3. The third kappa shape index (κ3) is 3.02. The van der Waals surface area contributed by atoms with Crippen molar-refractivity contribution < 1.29 is 9.50 Å². The second-order valence-corrected chi connectivity index (χ2v) is 4.18. The third-order valence-corrected chi connectivity index (χ3v) is 2.76. The van der Waals surface area contributed by atoms with Crippen molar-refractivity contribution in [1.82, 2.24) is 4.98 Å². The molecule has 0 aliphatic heterocycles. The molecule has 0 saturated carbocycles. The summed E-state index contributed by atoms with van der Waals surface area (Å²) in [5.41, 5.74) is 1.16. The van der Waals surface area contributed by atoms with E-state index in [0.29, 0.717) is 11.4 Å². The van der Waals surface area contributed by atoms with E-state index in [1.54, 1.807) is 12.1 Å². The molecule has 1 heterocycles. The van der Waals surface area contributed by atoms with Crippen LogP contribution < -0.4 is 0 Å². The lowest BCUT2D eigenvalue weighted by molar-refractivity contribution is 0.173. The van der Waals surface area contributed by atoms with Crippen LogP contribution in [-0.4, -0.2) is 10.1 Å². The van der Waals surface area contributed by atoms with Crippen LogP contribution in [0.15, 0.2) is 42.7 Å². The topological polar surface area (TPSA) is 33.1 Å². The van der Waals surface area contributed by atoms with Crippen molar-refractivity contribution in [3.8, 4) is 0 Å². The molecule has 0 bridgehead atoms. The number of hydrogen-bond donors (Lipinski definition) is 1. The monoisotopic (exact) mass is 251 g/mol. The first kappa shape index (κ1) is 12.0. The average Bonchev–Trinajstić information content (AvgIpc) is 2.32. The number of rotatable bonds is 3. The van der Waals surface area contributed by atoms with Gasteiger partial charge in [-0.3, -0.25) is 4.98 Å². The predicted molar refractivity (Wildman–Crippen MR) is 64.3 cm³/mol. The smallest absolute Gasteiger partial charge is 0.147 e. The number of nitrogens with zero attached hydrogens (tertiary/aromatic N) is 1. The quantitative estimate of drug-likeness (QED) is 0.909. The molecule has 0 saturated heterocycles. The van der Waals surface area contributed by atoms with Crippen molar-refractivity contribution in [3.05, 3.63) is 64.7 Å². The van der Waals surface area contributed by atoms with Gasteiger partial charge in [-0.15, -0.1) is 0 Å². The fourth-order valence-electron chi connectivity index (χ4n) is 1.61. The molecule has 0 aliphatic carbocycles. The second kappa shape index (κ2) is 5.25. The van der Waals surface area contributed by atoms with Crippen molar-refractivity contribution in [2.75, 3.05) is 0 Å². The summed E-state index contributed by atoms with van der Waals surface area (Å²) in [5, 5.41) is 10.6. The fourth-order valence-corrected chi connectivity index (χ4v) is 1.74. The molecule has 1 aromatic heterocycles. The van der Waals surface area contributed by atoms with Crippen LogP contribution in [0, 0.1) is 5.82 Å². The van der Waals surface area contributed by atoms with Crippen LogP contribution in [0.3, 0.4) is 0 Å². The largest absolute Gasteiger partial charge is 0.388 e. The van der Waals surface area contributed by atoms with Gasteiger partial charge in [0.15, 0.2) is 0 Å². The summed E-state index contributed by atoms with van der Waals surface area (Å²) in [6.45, 7) is 0. The Labute approximate surface area is 104 Å². The highest BCUT2D eigenvalue weighted by Crippen LogP contribution is 2.21. The minimum absolute atomic E-state index is 0.259. The molecular formula is C13H11ClFNO. The summed E-state index contributed by atoms with van der Waals surface area (Å²) in [5.74, 6) is -0.492. The maximum Gasteiger partial charge on any atom is 0.147 e. The zero-order valence-electron chi connectivity index (χ0n) is 8.98. The fraction of sp³-hybridized carbons (Fsp3) is 0.154. The van der Waals surface area contributed by atoms with E-state index in [-0.39, 0.29) is 5.56 Å². The van der Waals surface area contributed by atoms with Gasteiger partial charge in [0.2, 0.25) is 0 Å². The maximum atomic E-state index is 13.4. The van der Waals surface area contributed by atoms with E-state index >= 15 is 0 Å². The first-order valence-corrected chi connectivity index (χ1v) is 5.56. The highest BCUT2D eigenvalue weighted by molar-refractivity contribution is 6.30. The molecule has 88 valence electrons. The van der Waals surface area contributed by atoms with Gasteiger partial charge in [-0.2, -0.15) is 0 Å². The Bertz CT molecular complexity index is 501. The molecule has 2 nitrogen and oxygen atoms in total. The lowest BCUT2D eigenvalue weighted by Crippen LogP contribution is -2.04. The number of hydrogen-bond acceptors (Lipinski definition) is 2. The number of pyridine rings is 1. The maximum absolute atomic E-state index is 13.4. The second-order valence-electron chi connectivity index (χ2n) is 3.74. The van der Waals surface area contributed by atoms with E-state index in [4.69, 9.17) is 11.6 Å². The molecule has 1 aromatic carbocycles. The van der Waals surface area contributed by atoms with Gasteiger partial charge in [0, 0.05) is 23.2 Å². The molecule has 2 aromatic rings. The minimum atomic E-state index is -0.876. The molecule has 17 heavy (non-hydrogen) atoms. The number of aromatic nitrogens is 1. The van der Waals surface area contributed by atoms with E-state index in [1.807, 2.05) is 12.1 Å². The van der Waals surface area contributed by atoms with Crippen LogP contribution in [0.25, 0.3) is 0 Å². The van der Waals surface area contributed by atoms with Crippen LogP contribution in [0.5, 0.6) is 0 Å². The van der Waals surface area contributed by atoms with Crippen LogP contribution in [0.2, 0.25) is 5.02 Å². The molecule has 1 unspecified atom stereocenters. The van der Waals surface area contributed by atoms with E-state index in [2.05, 4.69) is 4.98 Å². The molecule has 2 rings (SSSR count). The van der Waals surface area contributed by atoms with Gasteiger partial charge in [0.1, 0.15) is 5.82 Å². The number of benzene rings is 1. The first-order chi connectivity index (χ1) is 8.16. The molecule has 0 amide bonds. The predicted octanol–water partition coefficient (Wildman–Crippen LogP) is 3.15. The number of halogens is 2. The van der Waals surface area contributed by atoms with Gasteiger partial charge < -0.3 is 5.11 Å². The Morgan fingerprint density at radius 2 is 1.94 bits per heavy atom. The van der Waals surface area contributed by atoms with E-state index in [1.165, 1.54) is 12.3 Å².